The van der Waals surface area contributed by atoms with Gasteiger partial charge in [0.15, 0.2) is 23.1 Å². The number of carbonyl (C=O) groups excluding carboxylic acids is 2. The number of methoxy groups -OCH3 is 1. The number of nitrogens with one attached hydrogen (secondary N) is 3. The van der Waals surface area contributed by atoms with Crippen LogP contribution in [-0.4, -0.2) is 35.6 Å². The number of phenols is 1. The molecule has 9 nitrogen and oxygen atoms in total. The van der Waals surface area contributed by atoms with Crippen LogP contribution in [0.4, 0.5) is 20.2 Å². The number of ether oxygens (including phenoxy) is 2. The predicted molar refractivity (Wildman–Crippen MR) is 142 cm³/mol. The number of benzene rings is 3. The highest BCUT2D eigenvalue weighted by Gasteiger charge is 2.20. The monoisotopic (exact) mass is 534 g/mol. The molecule has 39 heavy (non-hydrogen) atoms. The van der Waals surface area contributed by atoms with Crippen LogP contribution in [0.3, 0.4) is 0 Å². The summed E-state index contributed by atoms with van der Waals surface area (Å²) in [7, 11) is 1.40. The van der Waals surface area contributed by atoms with E-state index in [9.17, 15) is 23.5 Å². The van der Waals surface area contributed by atoms with Crippen LogP contribution in [0.5, 0.6) is 23.0 Å². The van der Waals surface area contributed by atoms with Crippen LogP contribution in [0.1, 0.15) is 6.92 Å². The summed E-state index contributed by atoms with van der Waals surface area (Å²) >= 11 is 0. The number of aromatic hydroxyl groups is 1. The number of fused-ring (bicyclic) bond motifs is 1. The van der Waals surface area contributed by atoms with Crippen LogP contribution in [0.15, 0.2) is 78.6 Å². The molecule has 2 amide bonds. The average Bonchev–Trinajstić information content (AvgIpc) is 2.91. The molecule has 1 heterocycles. The van der Waals surface area contributed by atoms with Gasteiger partial charge < -0.3 is 30.5 Å². The van der Waals surface area contributed by atoms with E-state index in [0.29, 0.717) is 23.1 Å². The third kappa shape index (κ3) is 6.39. The molecular weight excluding hydrogens is 510 g/mol. The number of nitrogens with zero attached hydrogens (tertiary/aromatic N) is 1. The van der Waals surface area contributed by atoms with Crippen LogP contribution >= 0.6 is 0 Å². The maximum Gasteiger partial charge on any atom is 0.262 e. The summed E-state index contributed by atoms with van der Waals surface area (Å²) in [5.74, 6) is -2.57. The fourth-order valence-corrected chi connectivity index (χ4v) is 3.54. The summed E-state index contributed by atoms with van der Waals surface area (Å²) in [4.78, 5) is 29.8. The van der Waals surface area contributed by atoms with Crippen molar-refractivity contribution in [1.29, 1.82) is 0 Å². The van der Waals surface area contributed by atoms with Gasteiger partial charge in [0.05, 0.1) is 12.6 Å². The average molecular weight is 535 g/mol. The van der Waals surface area contributed by atoms with Gasteiger partial charge in [-0.05, 0) is 55.5 Å². The molecule has 0 aliphatic heterocycles. The van der Waals surface area contributed by atoms with Crippen LogP contribution in [0, 0.1) is 11.6 Å². The molecule has 200 valence electrons. The highest BCUT2D eigenvalue weighted by Crippen LogP contribution is 2.37. The van der Waals surface area contributed by atoms with Gasteiger partial charge in [0.25, 0.3) is 11.8 Å². The van der Waals surface area contributed by atoms with E-state index >= 15 is 0 Å². The lowest BCUT2D eigenvalue weighted by Gasteiger charge is -2.13. The van der Waals surface area contributed by atoms with E-state index in [1.54, 1.807) is 6.92 Å². The van der Waals surface area contributed by atoms with Gasteiger partial charge in [-0.15, -0.1) is 0 Å². The molecule has 0 radical (unpaired) electrons. The Kier molecular flexibility index (Phi) is 8.20. The van der Waals surface area contributed by atoms with E-state index in [-0.39, 0.29) is 34.3 Å². The first kappa shape index (κ1) is 26.9. The Morgan fingerprint density at radius 1 is 0.923 bits per heavy atom. The highest BCUT2D eigenvalue weighted by atomic mass is 19.1. The Bertz CT molecular complexity index is 1560. The molecule has 0 spiro atoms. The molecular formula is C28H24F2N4O5. The van der Waals surface area contributed by atoms with Crippen LogP contribution < -0.4 is 25.4 Å². The summed E-state index contributed by atoms with van der Waals surface area (Å²) in [5.41, 5.74) is 0.505. The van der Waals surface area contributed by atoms with Crippen molar-refractivity contribution in [2.45, 2.75) is 6.92 Å². The van der Waals surface area contributed by atoms with Crippen molar-refractivity contribution in [3.05, 3.63) is 90.3 Å². The Hall–Kier alpha value is -5.19. The Morgan fingerprint density at radius 2 is 1.62 bits per heavy atom. The maximum atomic E-state index is 15.0. The van der Waals surface area contributed by atoms with Crippen molar-refractivity contribution < 1.29 is 33.0 Å². The highest BCUT2D eigenvalue weighted by molar-refractivity contribution is 6.26. The van der Waals surface area contributed by atoms with E-state index < -0.39 is 23.4 Å². The van der Waals surface area contributed by atoms with Crippen molar-refractivity contribution in [3.8, 4) is 23.0 Å². The van der Waals surface area contributed by atoms with E-state index in [4.69, 9.17) is 9.47 Å². The molecule has 0 bridgehead atoms. The second-order valence-electron chi connectivity index (χ2n) is 8.13. The fourth-order valence-electron chi connectivity index (χ4n) is 3.54. The van der Waals surface area contributed by atoms with Crippen molar-refractivity contribution in [3.63, 3.8) is 0 Å². The first-order valence-corrected chi connectivity index (χ1v) is 11.7. The van der Waals surface area contributed by atoms with Gasteiger partial charge in [-0.1, -0.05) is 0 Å². The number of halogens is 2. The van der Waals surface area contributed by atoms with Gasteiger partial charge in [0, 0.05) is 47.8 Å². The quantitative estimate of drug-likeness (QED) is 0.134. The van der Waals surface area contributed by atoms with E-state index in [2.05, 4.69) is 20.9 Å². The molecule has 0 atom stereocenters. The summed E-state index contributed by atoms with van der Waals surface area (Å²) in [6.07, 6.45) is 2.69. The lowest BCUT2D eigenvalue weighted by Crippen LogP contribution is -2.27. The summed E-state index contributed by atoms with van der Waals surface area (Å²) in [6, 6.07) is 13.3. The number of aromatic nitrogens is 1. The minimum Gasteiger partial charge on any atom is -0.504 e. The molecule has 0 fully saturated rings. The molecule has 0 aliphatic carbocycles. The Labute approximate surface area is 222 Å². The maximum absolute atomic E-state index is 15.0. The van der Waals surface area contributed by atoms with Crippen molar-refractivity contribution in [2.24, 2.45) is 0 Å². The summed E-state index contributed by atoms with van der Waals surface area (Å²) < 4.78 is 39.0. The first-order valence-electron chi connectivity index (χ1n) is 11.7. The molecule has 1 aromatic heterocycles. The zero-order valence-corrected chi connectivity index (χ0v) is 20.9. The topological polar surface area (TPSA) is 122 Å². The molecule has 4 aromatic rings. The number of phenolic OH excluding ortho intramolecular Hbond substituents is 1. The van der Waals surface area contributed by atoms with Crippen molar-refractivity contribution >= 4 is 34.1 Å². The number of anilines is 2. The molecule has 0 aliphatic rings. The minimum absolute atomic E-state index is 0.0769. The first-order chi connectivity index (χ1) is 18.8. The van der Waals surface area contributed by atoms with Gasteiger partial charge in [-0.2, -0.15) is 0 Å². The number of amides is 2. The SMILES string of the molecule is CCN/C=C(\C(=O)Nc1ccc(F)cc1)C(=O)Nc1ccc(Oc2ccnc3cc(O)c(OC)cc23)c(F)c1. The number of hydrogen-bond acceptors (Lipinski definition) is 7. The van der Waals surface area contributed by atoms with Crippen LogP contribution in [-0.2, 0) is 9.59 Å². The Balaban J connectivity index is 1.52. The number of hydrogen-bond donors (Lipinski definition) is 4. The lowest BCUT2D eigenvalue weighted by atomic mass is 10.2. The van der Waals surface area contributed by atoms with Gasteiger partial charge in [-0.25, -0.2) is 8.78 Å². The zero-order valence-electron chi connectivity index (χ0n) is 20.9. The molecule has 0 saturated carbocycles. The summed E-state index contributed by atoms with van der Waals surface area (Å²) in [5, 5.41) is 18.3. The molecule has 4 rings (SSSR count). The third-order valence-electron chi connectivity index (χ3n) is 5.45. The fraction of sp³-hybridized carbons (Fsp3) is 0.107. The van der Waals surface area contributed by atoms with Crippen molar-refractivity contribution in [2.75, 3.05) is 24.3 Å². The second kappa shape index (κ2) is 11.9. The second-order valence-corrected chi connectivity index (χ2v) is 8.13. The summed E-state index contributed by atoms with van der Waals surface area (Å²) in [6.45, 7) is 2.22. The van der Waals surface area contributed by atoms with E-state index in [1.165, 1.54) is 74.1 Å². The van der Waals surface area contributed by atoms with E-state index in [0.717, 1.165) is 6.07 Å². The number of carbonyl (C=O) groups is 2. The minimum atomic E-state index is -0.796. The van der Waals surface area contributed by atoms with Crippen LogP contribution in [0.2, 0.25) is 0 Å². The predicted octanol–water partition coefficient (Wildman–Crippen LogP) is 5.09. The van der Waals surface area contributed by atoms with Crippen molar-refractivity contribution in [1.82, 2.24) is 10.3 Å². The largest absolute Gasteiger partial charge is 0.504 e. The molecule has 0 saturated heterocycles. The number of pyridine rings is 1. The molecule has 11 heteroatoms. The third-order valence-corrected chi connectivity index (χ3v) is 5.45. The normalized spacial score (nSPS) is 11.1. The van der Waals surface area contributed by atoms with Gasteiger partial charge >= 0.3 is 0 Å². The molecule has 4 N–H and O–H groups in total. The standard InChI is InChI=1S/C28H24F2N4O5/c1-3-31-15-20(27(36)33-17-6-4-16(29)5-7-17)28(37)34-18-8-9-25(21(30)12-18)39-24-10-11-32-22-14-23(35)26(38-2)13-19(22)24/h4-15,31,35H,3H2,1-2H3,(H,33,36)(H,34,37)/b20-15+. The van der Waals surface area contributed by atoms with Crippen LogP contribution in [0.25, 0.3) is 10.9 Å². The number of rotatable bonds is 9. The van der Waals surface area contributed by atoms with E-state index in [1.807, 2.05) is 0 Å². The molecule has 0 unspecified atom stereocenters. The smallest absolute Gasteiger partial charge is 0.262 e. The molecule has 3 aromatic carbocycles. The lowest BCUT2D eigenvalue weighted by molar-refractivity contribution is -0.118. The zero-order chi connectivity index (χ0) is 27.9. The van der Waals surface area contributed by atoms with Gasteiger partial charge in [0.1, 0.15) is 17.1 Å². The van der Waals surface area contributed by atoms with Gasteiger partial charge in [-0.3, -0.25) is 14.6 Å². The Morgan fingerprint density at radius 3 is 2.28 bits per heavy atom. The van der Waals surface area contributed by atoms with Gasteiger partial charge in [0.2, 0.25) is 0 Å².